The molecular weight excluding hydrogens is 232 g/mol. The van der Waals surface area contributed by atoms with Gasteiger partial charge >= 0.3 is 0 Å². The number of carbonyl (C=O) groups excluding carboxylic acids is 1. The molecule has 5 nitrogen and oxygen atoms in total. The Morgan fingerprint density at radius 2 is 2.00 bits per heavy atom. The molecule has 0 saturated heterocycles. The minimum absolute atomic E-state index is 0.0789. The Morgan fingerprint density at radius 1 is 1.22 bits per heavy atom. The minimum Gasteiger partial charge on any atom is -0.508 e. The van der Waals surface area contributed by atoms with Crippen molar-refractivity contribution in [2.75, 3.05) is 5.32 Å². The molecule has 1 heterocycles. The first-order valence-corrected chi connectivity index (χ1v) is 5.32. The molecule has 0 aliphatic heterocycles. The van der Waals surface area contributed by atoms with Gasteiger partial charge in [0.2, 0.25) is 0 Å². The maximum atomic E-state index is 11.8. The monoisotopic (exact) mass is 244 g/mol. The Labute approximate surface area is 104 Å². The molecule has 1 aromatic heterocycles. The van der Waals surface area contributed by atoms with E-state index < -0.39 is 5.91 Å². The number of anilines is 1. The molecule has 0 bridgehead atoms. The Balaban J connectivity index is 2.19. The maximum Gasteiger partial charge on any atom is 0.260 e. The number of nitrogens with zero attached hydrogens (tertiary/aromatic N) is 1. The summed E-state index contributed by atoms with van der Waals surface area (Å²) in [6, 6.07) is 7.27. The molecule has 0 saturated carbocycles. The maximum absolute atomic E-state index is 11.8. The van der Waals surface area contributed by atoms with E-state index >= 15 is 0 Å². The van der Waals surface area contributed by atoms with Crippen LogP contribution in [0.25, 0.3) is 0 Å². The first-order chi connectivity index (χ1) is 8.56. The van der Waals surface area contributed by atoms with Crippen molar-refractivity contribution in [1.29, 1.82) is 0 Å². The van der Waals surface area contributed by atoms with Crippen LogP contribution < -0.4 is 5.32 Å². The number of phenolic OH excluding ortho intramolecular Hbond substituents is 2. The lowest BCUT2D eigenvalue weighted by Crippen LogP contribution is -2.12. The van der Waals surface area contributed by atoms with Gasteiger partial charge in [-0.25, -0.2) is 4.98 Å². The minimum atomic E-state index is -0.483. The molecule has 0 atom stereocenters. The van der Waals surface area contributed by atoms with Gasteiger partial charge in [0, 0.05) is 12.3 Å². The molecule has 92 valence electrons. The van der Waals surface area contributed by atoms with Crippen molar-refractivity contribution in [3.8, 4) is 11.5 Å². The van der Waals surface area contributed by atoms with E-state index in [2.05, 4.69) is 10.3 Å². The van der Waals surface area contributed by atoms with Gasteiger partial charge in [-0.3, -0.25) is 4.79 Å². The average molecular weight is 244 g/mol. The summed E-state index contributed by atoms with van der Waals surface area (Å²) in [4.78, 5) is 15.9. The van der Waals surface area contributed by atoms with Crippen molar-refractivity contribution in [2.45, 2.75) is 6.92 Å². The summed E-state index contributed by atoms with van der Waals surface area (Å²) in [5, 5.41) is 21.2. The van der Waals surface area contributed by atoms with Gasteiger partial charge in [0.05, 0.1) is 5.56 Å². The molecule has 0 unspecified atom stereocenters. The molecule has 2 rings (SSSR count). The van der Waals surface area contributed by atoms with E-state index in [0.717, 1.165) is 11.6 Å². The van der Waals surface area contributed by atoms with Crippen molar-refractivity contribution >= 4 is 11.7 Å². The lowest BCUT2D eigenvalue weighted by Gasteiger charge is -2.06. The zero-order chi connectivity index (χ0) is 13.1. The van der Waals surface area contributed by atoms with E-state index in [1.807, 2.05) is 13.0 Å². The number of rotatable bonds is 2. The molecule has 18 heavy (non-hydrogen) atoms. The number of amides is 1. The van der Waals surface area contributed by atoms with Crippen LogP contribution in [-0.4, -0.2) is 21.1 Å². The Kier molecular flexibility index (Phi) is 3.14. The number of hydrogen-bond donors (Lipinski definition) is 3. The second kappa shape index (κ2) is 4.75. The molecule has 0 fully saturated rings. The largest absolute Gasteiger partial charge is 0.508 e. The number of pyridine rings is 1. The first kappa shape index (κ1) is 11.9. The molecule has 0 spiro atoms. The fraction of sp³-hybridized carbons (Fsp3) is 0.0769. The fourth-order valence-electron chi connectivity index (χ4n) is 1.44. The predicted molar refractivity (Wildman–Crippen MR) is 66.7 cm³/mol. The normalized spacial score (nSPS) is 10.1. The summed E-state index contributed by atoms with van der Waals surface area (Å²) in [6.45, 7) is 1.89. The Bertz CT molecular complexity index is 579. The Morgan fingerprint density at radius 3 is 2.61 bits per heavy atom. The van der Waals surface area contributed by atoms with Gasteiger partial charge in [0.15, 0.2) is 0 Å². The van der Waals surface area contributed by atoms with Gasteiger partial charge in [0.1, 0.15) is 17.3 Å². The van der Waals surface area contributed by atoms with Crippen LogP contribution in [-0.2, 0) is 0 Å². The van der Waals surface area contributed by atoms with Gasteiger partial charge < -0.3 is 15.5 Å². The highest BCUT2D eigenvalue weighted by atomic mass is 16.3. The number of phenols is 2. The van der Waals surface area contributed by atoms with Gasteiger partial charge in [-0.05, 0) is 30.7 Å². The zero-order valence-corrected chi connectivity index (χ0v) is 9.71. The molecule has 2 aromatic rings. The van der Waals surface area contributed by atoms with Crippen LogP contribution in [0.1, 0.15) is 15.9 Å². The molecule has 3 N–H and O–H groups in total. The van der Waals surface area contributed by atoms with Crippen LogP contribution in [0.3, 0.4) is 0 Å². The quantitative estimate of drug-likeness (QED) is 0.755. The fourth-order valence-corrected chi connectivity index (χ4v) is 1.44. The molecule has 0 aliphatic rings. The molecule has 1 amide bonds. The number of aryl methyl sites for hydroxylation is 1. The summed E-state index contributed by atoms with van der Waals surface area (Å²) in [5.41, 5.74) is 1.07. The predicted octanol–water partition coefficient (Wildman–Crippen LogP) is 2.05. The van der Waals surface area contributed by atoms with Crippen LogP contribution in [0, 0.1) is 6.92 Å². The number of aromatic nitrogens is 1. The number of hydrogen-bond acceptors (Lipinski definition) is 4. The zero-order valence-electron chi connectivity index (χ0n) is 9.71. The third-order valence-corrected chi connectivity index (χ3v) is 2.38. The summed E-state index contributed by atoms with van der Waals surface area (Å²) in [5.74, 6) is -0.459. The van der Waals surface area contributed by atoms with E-state index in [-0.39, 0.29) is 17.1 Å². The van der Waals surface area contributed by atoms with Crippen molar-refractivity contribution in [3.63, 3.8) is 0 Å². The van der Waals surface area contributed by atoms with Crippen molar-refractivity contribution in [1.82, 2.24) is 4.98 Å². The third-order valence-electron chi connectivity index (χ3n) is 2.38. The second-order valence-corrected chi connectivity index (χ2v) is 3.88. The molecule has 0 radical (unpaired) electrons. The van der Waals surface area contributed by atoms with Crippen LogP contribution in [0.15, 0.2) is 36.5 Å². The standard InChI is InChI=1S/C13H12N2O3/c1-8-2-5-12(14-7-8)15-13(18)10-4-3-9(16)6-11(10)17/h2-7,16-17H,1H3,(H,14,15,18). The van der Waals surface area contributed by atoms with E-state index in [9.17, 15) is 9.90 Å². The number of nitrogens with one attached hydrogen (secondary N) is 1. The van der Waals surface area contributed by atoms with Crippen LogP contribution in [0.5, 0.6) is 11.5 Å². The van der Waals surface area contributed by atoms with Crippen LogP contribution >= 0.6 is 0 Å². The van der Waals surface area contributed by atoms with Gasteiger partial charge in [0.25, 0.3) is 5.91 Å². The number of benzene rings is 1. The van der Waals surface area contributed by atoms with E-state index in [4.69, 9.17) is 5.11 Å². The number of carbonyl (C=O) groups is 1. The summed E-state index contributed by atoms with van der Waals surface area (Å²) in [6.07, 6.45) is 1.63. The van der Waals surface area contributed by atoms with E-state index in [1.54, 1.807) is 12.3 Å². The summed E-state index contributed by atoms with van der Waals surface area (Å²) in [7, 11) is 0. The van der Waals surface area contributed by atoms with E-state index in [0.29, 0.717) is 5.82 Å². The van der Waals surface area contributed by atoms with Crippen molar-refractivity contribution in [2.24, 2.45) is 0 Å². The smallest absolute Gasteiger partial charge is 0.260 e. The van der Waals surface area contributed by atoms with Crippen molar-refractivity contribution in [3.05, 3.63) is 47.7 Å². The lowest BCUT2D eigenvalue weighted by molar-refractivity contribution is 0.102. The summed E-state index contributed by atoms with van der Waals surface area (Å²) < 4.78 is 0. The molecule has 1 aromatic carbocycles. The highest BCUT2D eigenvalue weighted by molar-refractivity contribution is 6.05. The number of aromatic hydroxyl groups is 2. The highest BCUT2D eigenvalue weighted by Crippen LogP contribution is 2.23. The van der Waals surface area contributed by atoms with E-state index in [1.165, 1.54) is 12.1 Å². The molecule has 0 aliphatic carbocycles. The van der Waals surface area contributed by atoms with Gasteiger partial charge in [-0.2, -0.15) is 0 Å². The topological polar surface area (TPSA) is 82.5 Å². The first-order valence-electron chi connectivity index (χ1n) is 5.32. The van der Waals surface area contributed by atoms with Gasteiger partial charge in [-0.15, -0.1) is 0 Å². The van der Waals surface area contributed by atoms with Crippen LogP contribution in [0.2, 0.25) is 0 Å². The summed E-state index contributed by atoms with van der Waals surface area (Å²) >= 11 is 0. The van der Waals surface area contributed by atoms with Gasteiger partial charge in [-0.1, -0.05) is 6.07 Å². The SMILES string of the molecule is Cc1ccc(NC(=O)c2ccc(O)cc2O)nc1. The molecular formula is C13H12N2O3. The highest BCUT2D eigenvalue weighted by Gasteiger charge is 2.12. The Hall–Kier alpha value is -2.56. The van der Waals surface area contributed by atoms with Crippen LogP contribution in [0.4, 0.5) is 5.82 Å². The average Bonchev–Trinajstić information content (AvgIpc) is 2.32. The third kappa shape index (κ3) is 2.57. The second-order valence-electron chi connectivity index (χ2n) is 3.88. The molecule has 5 heteroatoms. The van der Waals surface area contributed by atoms with Crippen molar-refractivity contribution < 1.29 is 15.0 Å². The lowest BCUT2D eigenvalue weighted by atomic mass is 10.2.